The van der Waals surface area contributed by atoms with Crippen molar-refractivity contribution in [3.8, 4) is 5.75 Å². The number of ether oxygens (including phenoxy) is 2. The number of nitrogens with one attached hydrogen (secondary N) is 1. The molecule has 2 fully saturated rings. The summed E-state index contributed by atoms with van der Waals surface area (Å²) in [5.74, 6) is -0.988. The van der Waals surface area contributed by atoms with E-state index >= 15 is 0 Å². The SMILES string of the molecule is [2H]c1cc(COc2cccc3c2CN(C2CCC(=O)NC2=O)C3=O)c([2H])c([2H])c1CN1CCOCC1=O. The molecule has 0 aromatic heterocycles. The van der Waals surface area contributed by atoms with E-state index in [1.165, 1.54) is 15.9 Å². The second kappa shape index (κ2) is 9.26. The highest BCUT2D eigenvalue weighted by atomic mass is 16.5. The fourth-order valence-electron chi connectivity index (χ4n) is 4.32. The molecule has 0 spiro atoms. The molecule has 3 aliphatic rings. The number of piperidine rings is 1. The molecule has 9 heteroatoms. The highest BCUT2D eigenvalue weighted by Crippen LogP contribution is 2.34. The first-order valence-electron chi connectivity index (χ1n) is 12.6. The van der Waals surface area contributed by atoms with Gasteiger partial charge in [0.15, 0.2) is 0 Å². The van der Waals surface area contributed by atoms with Crippen molar-refractivity contribution in [1.29, 1.82) is 0 Å². The predicted molar refractivity (Wildman–Crippen MR) is 119 cm³/mol. The number of rotatable bonds is 6. The fourth-order valence-corrected chi connectivity index (χ4v) is 4.32. The molecule has 0 aliphatic carbocycles. The van der Waals surface area contributed by atoms with Crippen LogP contribution >= 0.6 is 0 Å². The minimum atomic E-state index is -0.743. The quantitative estimate of drug-likeness (QED) is 0.645. The molecule has 34 heavy (non-hydrogen) atoms. The standard InChI is InChI=1S/C25H25N3O6/c29-22-9-8-20(24(31)26-22)28-13-19-18(25(28)32)2-1-3-21(19)34-14-17-6-4-16(5-7-17)12-27-10-11-33-15-23(27)30/h1-7,20H,8-15H2,(H,26,29,31)/i4D,5D,6D. The van der Waals surface area contributed by atoms with Crippen LogP contribution in [-0.4, -0.2) is 59.2 Å². The minimum Gasteiger partial charge on any atom is -0.489 e. The molecule has 176 valence electrons. The molecule has 9 nitrogen and oxygen atoms in total. The van der Waals surface area contributed by atoms with Crippen LogP contribution in [0.2, 0.25) is 0 Å². The summed E-state index contributed by atoms with van der Waals surface area (Å²) in [5, 5.41) is 2.28. The highest BCUT2D eigenvalue weighted by Gasteiger charge is 2.40. The van der Waals surface area contributed by atoms with Crippen molar-refractivity contribution >= 4 is 23.6 Å². The third-order valence-electron chi connectivity index (χ3n) is 6.15. The zero-order valence-corrected chi connectivity index (χ0v) is 18.4. The lowest BCUT2D eigenvalue weighted by atomic mass is 10.0. The van der Waals surface area contributed by atoms with E-state index in [1.54, 1.807) is 18.2 Å². The maximum absolute atomic E-state index is 13.0. The molecule has 4 amide bonds. The summed E-state index contributed by atoms with van der Waals surface area (Å²) < 4.78 is 36.3. The Balaban J connectivity index is 1.32. The van der Waals surface area contributed by atoms with Gasteiger partial charge in [-0.3, -0.25) is 24.5 Å². The first kappa shape index (κ1) is 18.7. The fraction of sp³-hybridized carbons (Fsp3) is 0.360. The van der Waals surface area contributed by atoms with Crippen molar-refractivity contribution in [2.75, 3.05) is 19.8 Å². The van der Waals surface area contributed by atoms with E-state index in [2.05, 4.69) is 5.32 Å². The molecule has 0 saturated carbocycles. The average molecular weight is 467 g/mol. The van der Waals surface area contributed by atoms with Gasteiger partial charge in [0.05, 0.1) is 17.3 Å². The Morgan fingerprint density at radius 2 is 1.97 bits per heavy atom. The number of carbonyl (C=O) groups excluding carboxylic acids is 4. The number of nitrogens with zero attached hydrogens (tertiary/aromatic N) is 2. The third-order valence-corrected chi connectivity index (χ3v) is 6.15. The molecule has 3 heterocycles. The summed E-state index contributed by atoms with van der Waals surface area (Å²) in [6, 6.07) is 5.52. The van der Waals surface area contributed by atoms with Gasteiger partial charge in [0.2, 0.25) is 17.7 Å². The summed E-state index contributed by atoms with van der Waals surface area (Å²) in [5.41, 5.74) is 1.62. The van der Waals surface area contributed by atoms with E-state index in [1.807, 2.05) is 0 Å². The zero-order chi connectivity index (χ0) is 26.3. The maximum Gasteiger partial charge on any atom is 0.255 e. The lowest BCUT2D eigenvalue weighted by molar-refractivity contribution is -0.143. The molecular formula is C25H25N3O6. The van der Waals surface area contributed by atoms with Crippen LogP contribution in [0, 0.1) is 0 Å². The predicted octanol–water partition coefficient (Wildman–Crippen LogP) is 1.39. The molecule has 3 aliphatic heterocycles. The van der Waals surface area contributed by atoms with Gasteiger partial charge in [-0.1, -0.05) is 30.3 Å². The van der Waals surface area contributed by atoms with E-state index in [-0.39, 0.29) is 80.6 Å². The lowest BCUT2D eigenvalue weighted by Crippen LogP contribution is -2.52. The Morgan fingerprint density at radius 3 is 2.79 bits per heavy atom. The molecule has 0 bridgehead atoms. The van der Waals surface area contributed by atoms with E-state index in [0.29, 0.717) is 35.6 Å². The van der Waals surface area contributed by atoms with Crippen molar-refractivity contribution < 1.29 is 32.8 Å². The smallest absolute Gasteiger partial charge is 0.255 e. The maximum atomic E-state index is 13.0. The van der Waals surface area contributed by atoms with E-state index in [4.69, 9.17) is 13.6 Å². The van der Waals surface area contributed by atoms with Crippen molar-refractivity contribution in [1.82, 2.24) is 15.1 Å². The van der Waals surface area contributed by atoms with E-state index in [9.17, 15) is 19.2 Å². The molecule has 1 unspecified atom stereocenters. The Labute approximate surface area is 200 Å². The van der Waals surface area contributed by atoms with Crippen molar-refractivity contribution in [3.63, 3.8) is 0 Å². The van der Waals surface area contributed by atoms with Crippen LogP contribution in [0.25, 0.3) is 0 Å². The molecule has 1 N–H and O–H groups in total. The van der Waals surface area contributed by atoms with Crippen LogP contribution in [0.5, 0.6) is 5.75 Å². The molecule has 1 atom stereocenters. The van der Waals surface area contributed by atoms with E-state index in [0.717, 1.165) is 0 Å². The van der Waals surface area contributed by atoms with Crippen LogP contribution in [0.4, 0.5) is 0 Å². The first-order valence-corrected chi connectivity index (χ1v) is 11.1. The van der Waals surface area contributed by atoms with E-state index < -0.39 is 11.9 Å². The average Bonchev–Trinajstić information content (AvgIpc) is 3.21. The van der Waals surface area contributed by atoms with Gasteiger partial charge in [-0.15, -0.1) is 0 Å². The van der Waals surface area contributed by atoms with Gasteiger partial charge in [-0.2, -0.15) is 0 Å². The molecule has 2 saturated heterocycles. The molecular weight excluding hydrogens is 438 g/mol. The van der Waals surface area contributed by atoms with Gasteiger partial charge in [0, 0.05) is 30.6 Å². The monoisotopic (exact) mass is 466 g/mol. The lowest BCUT2D eigenvalue weighted by Gasteiger charge is -2.29. The van der Waals surface area contributed by atoms with Gasteiger partial charge in [-0.05, 0) is 29.7 Å². The van der Waals surface area contributed by atoms with Gasteiger partial charge >= 0.3 is 0 Å². The Bertz CT molecular complexity index is 1320. The van der Waals surface area contributed by atoms with Crippen LogP contribution in [0.1, 0.15) is 44.0 Å². The Hall–Kier alpha value is -3.72. The van der Waals surface area contributed by atoms with Crippen LogP contribution < -0.4 is 10.1 Å². The second-order valence-electron chi connectivity index (χ2n) is 8.38. The number of benzene rings is 2. The van der Waals surface area contributed by atoms with Gasteiger partial charge in [0.1, 0.15) is 25.0 Å². The number of amides is 4. The summed E-state index contributed by atoms with van der Waals surface area (Å²) in [4.78, 5) is 51.8. The number of hydrogen-bond donors (Lipinski definition) is 1. The largest absolute Gasteiger partial charge is 0.489 e. The Morgan fingerprint density at radius 1 is 1.12 bits per heavy atom. The third kappa shape index (κ3) is 4.38. The normalized spacial score (nSPS) is 21.6. The Kier molecular flexibility index (Phi) is 5.09. The number of imide groups is 1. The summed E-state index contributed by atoms with van der Waals surface area (Å²) in [6.45, 7) is 0.823. The highest BCUT2D eigenvalue weighted by molar-refractivity contribution is 6.05. The minimum absolute atomic E-state index is 0.0365. The van der Waals surface area contributed by atoms with Crippen LogP contribution in [-0.2, 0) is 38.8 Å². The molecule has 2 aromatic rings. The summed E-state index contributed by atoms with van der Waals surface area (Å²) in [7, 11) is 0. The molecule has 0 radical (unpaired) electrons. The number of morpholine rings is 1. The summed E-state index contributed by atoms with van der Waals surface area (Å²) >= 11 is 0. The van der Waals surface area contributed by atoms with Crippen molar-refractivity contribution in [2.24, 2.45) is 0 Å². The van der Waals surface area contributed by atoms with Gasteiger partial charge in [-0.25, -0.2) is 0 Å². The number of carbonyl (C=O) groups is 4. The molecule has 5 rings (SSSR count). The summed E-state index contributed by atoms with van der Waals surface area (Å²) in [6.07, 6.45) is 0.413. The van der Waals surface area contributed by atoms with Gasteiger partial charge < -0.3 is 19.3 Å². The number of hydrogen-bond acceptors (Lipinski definition) is 6. The molecule has 2 aromatic carbocycles. The topological polar surface area (TPSA) is 105 Å². The first-order chi connectivity index (χ1) is 17.7. The van der Waals surface area contributed by atoms with Crippen molar-refractivity contribution in [2.45, 2.75) is 38.6 Å². The van der Waals surface area contributed by atoms with Gasteiger partial charge in [0.25, 0.3) is 5.91 Å². The van der Waals surface area contributed by atoms with Crippen LogP contribution in [0.15, 0.2) is 42.4 Å². The van der Waals surface area contributed by atoms with Crippen LogP contribution in [0.3, 0.4) is 0 Å². The number of fused-ring (bicyclic) bond motifs is 1. The second-order valence-corrected chi connectivity index (χ2v) is 8.38. The van der Waals surface area contributed by atoms with Crippen molar-refractivity contribution in [3.05, 3.63) is 64.6 Å². The zero-order valence-electron chi connectivity index (χ0n) is 21.4.